The molecule has 0 aliphatic rings. The van der Waals surface area contributed by atoms with Gasteiger partial charge in [0.05, 0.1) is 20.1 Å². The van der Waals surface area contributed by atoms with Crippen LogP contribution < -0.4 is 5.32 Å². The van der Waals surface area contributed by atoms with Gasteiger partial charge in [-0.2, -0.15) is 0 Å². The van der Waals surface area contributed by atoms with Gasteiger partial charge in [0, 0.05) is 5.69 Å². The number of benzene rings is 1. The van der Waals surface area contributed by atoms with E-state index in [1.54, 1.807) is 39.8 Å². The van der Waals surface area contributed by atoms with E-state index in [-0.39, 0.29) is 13.0 Å². The van der Waals surface area contributed by atoms with Gasteiger partial charge >= 0.3 is 18.0 Å². The first-order chi connectivity index (χ1) is 12.0. The molecule has 8 nitrogen and oxygen atoms in total. The Hall–Kier alpha value is -2.61. The fourth-order valence-corrected chi connectivity index (χ4v) is 2.14. The van der Waals surface area contributed by atoms with Gasteiger partial charge in [0.25, 0.3) is 0 Å². The molecule has 0 atom stereocenters. The van der Waals surface area contributed by atoms with E-state index in [0.29, 0.717) is 16.8 Å². The molecule has 0 aliphatic heterocycles. The molecule has 0 heterocycles. The molecular formula is C18H25NO7. The number of methoxy groups -OCH3 is 1. The molecule has 0 fully saturated rings. The van der Waals surface area contributed by atoms with Crippen LogP contribution in [0.1, 0.15) is 37.5 Å². The van der Waals surface area contributed by atoms with Crippen molar-refractivity contribution in [2.24, 2.45) is 0 Å². The van der Waals surface area contributed by atoms with Crippen LogP contribution in [0.4, 0.5) is 10.5 Å². The Morgan fingerprint density at radius 3 is 2.31 bits per heavy atom. The van der Waals surface area contributed by atoms with Crippen LogP contribution >= 0.6 is 0 Å². The third kappa shape index (κ3) is 7.52. The molecule has 2 N–H and O–H groups in total. The van der Waals surface area contributed by atoms with E-state index in [4.69, 9.17) is 14.6 Å². The molecule has 0 bridgehead atoms. The van der Waals surface area contributed by atoms with E-state index >= 15 is 0 Å². The second-order valence-electron chi connectivity index (χ2n) is 6.69. The minimum atomic E-state index is -1.08. The largest absolute Gasteiger partial charge is 0.480 e. The predicted octanol–water partition coefficient (Wildman–Crippen LogP) is 2.66. The van der Waals surface area contributed by atoms with Crippen LogP contribution in [0.2, 0.25) is 0 Å². The van der Waals surface area contributed by atoms with Crippen molar-refractivity contribution in [3.63, 3.8) is 0 Å². The lowest BCUT2D eigenvalue weighted by Gasteiger charge is -2.20. The highest BCUT2D eigenvalue weighted by Crippen LogP contribution is 2.23. The van der Waals surface area contributed by atoms with E-state index in [9.17, 15) is 14.4 Å². The molecule has 0 saturated carbocycles. The van der Waals surface area contributed by atoms with Crippen molar-refractivity contribution in [2.45, 2.75) is 46.3 Å². The fourth-order valence-electron chi connectivity index (χ4n) is 2.14. The van der Waals surface area contributed by atoms with Crippen molar-refractivity contribution < 1.29 is 33.7 Å². The van der Waals surface area contributed by atoms with Crippen LogP contribution in [0, 0.1) is 6.92 Å². The van der Waals surface area contributed by atoms with Crippen LogP contribution in [0.25, 0.3) is 0 Å². The molecule has 1 rings (SSSR count). The summed E-state index contributed by atoms with van der Waals surface area (Å²) in [6.07, 6.45) is -0.624. The molecule has 0 aliphatic carbocycles. The van der Waals surface area contributed by atoms with Crippen LogP contribution in [0.15, 0.2) is 12.1 Å². The van der Waals surface area contributed by atoms with Gasteiger partial charge < -0.3 is 19.3 Å². The first kappa shape index (κ1) is 21.4. The number of ether oxygens (including phenoxy) is 3. The van der Waals surface area contributed by atoms with Crippen molar-refractivity contribution >= 4 is 23.7 Å². The Labute approximate surface area is 152 Å². The number of esters is 1. The predicted molar refractivity (Wildman–Crippen MR) is 94.0 cm³/mol. The van der Waals surface area contributed by atoms with Gasteiger partial charge in [-0.15, -0.1) is 0 Å². The Morgan fingerprint density at radius 1 is 1.15 bits per heavy atom. The summed E-state index contributed by atoms with van der Waals surface area (Å²) >= 11 is 0. The number of hydrogen-bond acceptors (Lipinski definition) is 6. The Bertz CT molecular complexity index is 677. The van der Waals surface area contributed by atoms with Crippen molar-refractivity contribution in [2.75, 3.05) is 19.0 Å². The molecule has 8 heteroatoms. The molecule has 0 aromatic heterocycles. The van der Waals surface area contributed by atoms with E-state index in [1.165, 1.54) is 7.11 Å². The molecule has 26 heavy (non-hydrogen) atoms. The summed E-state index contributed by atoms with van der Waals surface area (Å²) < 4.78 is 15.0. The van der Waals surface area contributed by atoms with Gasteiger partial charge in [-0.05, 0) is 56.5 Å². The number of carbonyl (C=O) groups excluding carboxylic acids is 2. The average molecular weight is 367 g/mol. The summed E-state index contributed by atoms with van der Waals surface area (Å²) in [6, 6.07) is 3.30. The molecule has 1 aromatic carbocycles. The number of anilines is 1. The maximum Gasteiger partial charge on any atom is 0.412 e. The van der Waals surface area contributed by atoms with Gasteiger partial charge in [-0.3, -0.25) is 10.1 Å². The summed E-state index contributed by atoms with van der Waals surface area (Å²) in [6.45, 7) is 6.60. The van der Waals surface area contributed by atoms with Gasteiger partial charge in [0.1, 0.15) is 12.2 Å². The molecule has 144 valence electrons. The maximum atomic E-state index is 12.0. The summed E-state index contributed by atoms with van der Waals surface area (Å²) in [7, 11) is 1.29. The van der Waals surface area contributed by atoms with E-state index < -0.39 is 30.2 Å². The molecule has 1 aromatic rings. The van der Waals surface area contributed by atoms with Crippen molar-refractivity contribution in [1.82, 2.24) is 0 Å². The van der Waals surface area contributed by atoms with E-state index in [1.807, 2.05) is 0 Å². The second-order valence-corrected chi connectivity index (χ2v) is 6.69. The normalized spacial score (nSPS) is 11.0. The number of hydrogen-bond donors (Lipinski definition) is 2. The number of nitrogens with one attached hydrogen (secondary N) is 1. The van der Waals surface area contributed by atoms with Gasteiger partial charge in [-0.25, -0.2) is 9.59 Å². The summed E-state index contributed by atoms with van der Waals surface area (Å²) in [5.41, 5.74) is 1.81. The first-order valence-corrected chi connectivity index (χ1v) is 8.00. The van der Waals surface area contributed by atoms with Crippen LogP contribution in [-0.4, -0.2) is 42.5 Å². The lowest BCUT2D eigenvalue weighted by molar-refractivity contribution is -0.142. The molecular weight excluding hydrogens is 342 g/mol. The number of aliphatic carboxylic acids is 1. The zero-order valence-electron chi connectivity index (χ0n) is 15.7. The summed E-state index contributed by atoms with van der Waals surface area (Å²) in [5.74, 6) is -1.51. The van der Waals surface area contributed by atoms with Crippen LogP contribution in [-0.2, 0) is 36.8 Å². The van der Waals surface area contributed by atoms with Crippen LogP contribution in [0.3, 0.4) is 0 Å². The van der Waals surface area contributed by atoms with Crippen molar-refractivity contribution in [3.05, 3.63) is 28.8 Å². The molecule has 0 radical (unpaired) electrons. The lowest BCUT2D eigenvalue weighted by Crippen LogP contribution is -2.27. The van der Waals surface area contributed by atoms with E-state index in [0.717, 1.165) is 5.56 Å². The smallest absolute Gasteiger partial charge is 0.412 e. The van der Waals surface area contributed by atoms with Crippen molar-refractivity contribution in [1.29, 1.82) is 0 Å². The highest BCUT2D eigenvalue weighted by molar-refractivity contribution is 5.85. The van der Waals surface area contributed by atoms with Gasteiger partial charge in [-0.1, -0.05) is 0 Å². The first-order valence-electron chi connectivity index (χ1n) is 8.00. The quantitative estimate of drug-likeness (QED) is 0.713. The van der Waals surface area contributed by atoms with Gasteiger partial charge in [0.2, 0.25) is 0 Å². The summed E-state index contributed by atoms with van der Waals surface area (Å²) in [5, 5.41) is 11.3. The Kier molecular flexibility index (Phi) is 7.57. The second kappa shape index (κ2) is 9.19. The molecule has 1 amide bonds. The number of carboxylic acid groups (broad SMARTS) is 1. The monoisotopic (exact) mass is 367 g/mol. The highest BCUT2D eigenvalue weighted by Gasteiger charge is 2.18. The topological polar surface area (TPSA) is 111 Å². The summed E-state index contributed by atoms with van der Waals surface area (Å²) in [4.78, 5) is 34.2. The Balaban J connectivity index is 3.07. The minimum Gasteiger partial charge on any atom is -0.480 e. The molecule has 0 saturated heterocycles. The third-order valence-electron chi connectivity index (χ3n) is 3.31. The van der Waals surface area contributed by atoms with Gasteiger partial charge in [0.15, 0.2) is 0 Å². The zero-order chi connectivity index (χ0) is 19.9. The minimum absolute atomic E-state index is 0.0120. The average Bonchev–Trinajstić information content (AvgIpc) is 2.49. The van der Waals surface area contributed by atoms with Crippen molar-refractivity contribution in [3.8, 4) is 0 Å². The standard InChI is InChI=1S/C18H25NO7/c1-11-12(8-16(22)24-5)6-14(19-17(23)26-18(2,3)4)7-13(11)9-25-10-15(20)21/h6-7H,8-10H2,1-5H3,(H,19,23)(H,20,21). The Morgan fingerprint density at radius 2 is 1.77 bits per heavy atom. The highest BCUT2D eigenvalue weighted by atomic mass is 16.6. The molecule has 0 unspecified atom stereocenters. The zero-order valence-corrected chi connectivity index (χ0v) is 15.7. The third-order valence-corrected chi connectivity index (χ3v) is 3.31. The SMILES string of the molecule is COC(=O)Cc1cc(NC(=O)OC(C)(C)C)cc(COCC(=O)O)c1C. The van der Waals surface area contributed by atoms with Crippen LogP contribution in [0.5, 0.6) is 0 Å². The molecule has 0 spiro atoms. The lowest BCUT2D eigenvalue weighted by atomic mass is 9.99. The van der Waals surface area contributed by atoms with E-state index in [2.05, 4.69) is 10.1 Å². The number of amides is 1. The number of rotatable bonds is 7. The maximum absolute atomic E-state index is 12.0. The number of carbonyl (C=O) groups is 3. The number of carboxylic acids is 1. The fraction of sp³-hybridized carbons (Fsp3) is 0.500.